The first-order valence-corrected chi connectivity index (χ1v) is 8.84. The lowest BCUT2D eigenvalue weighted by Crippen LogP contribution is -2.25. The summed E-state index contributed by atoms with van der Waals surface area (Å²) in [4.78, 5) is 6.30. The van der Waals surface area contributed by atoms with Gasteiger partial charge in [0.25, 0.3) is 11.8 Å². The zero-order valence-electron chi connectivity index (χ0n) is 14.9. The molecular formula is C19H23F2N3O. The lowest BCUT2D eigenvalue weighted by Gasteiger charge is -2.22. The molecule has 6 heteroatoms. The second-order valence-corrected chi connectivity index (χ2v) is 8.25. The van der Waals surface area contributed by atoms with Crippen LogP contribution in [0.1, 0.15) is 57.3 Å². The molecule has 0 unspecified atom stereocenters. The summed E-state index contributed by atoms with van der Waals surface area (Å²) >= 11 is 0. The first kappa shape index (κ1) is 16.5. The number of rotatable bonds is 3. The van der Waals surface area contributed by atoms with Gasteiger partial charge in [0.05, 0.1) is 6.54 Å². The number of alkyl halides is 2. The van der Waals surface area contributed by atoms with Crippen molar-refractivity contribution in [3.63, 3.8) is 0 Å². The van der Waals surface area contributed by atoms with Gasteiger partial charge in [-0.15, -0.1) is 0 Å². The van der Waals surface area contributed by atoms with Crippen LogP contribution in [0.15, 0.2) is 22.7 Å². The minimum absolute atomic E-state index is 0.0872. The third-order valence-electron chi connectivity index (χ3n) is 4.90. The summed E-state index contributed by atoms with van der Waals surface area (Å²) < 4.78 is 32.8. The summed E-state index contributed by atoms with van der Waals surface area (Å²) in [6, 6.07) is 5.94. The minimum atomic E-state index is -2.61. The predicted molar refractivity (Wildman–Crippen MR) is 92.2 cm³/mol. The van der Waals surface area contributed by atoms with Crippen molar-refractivity contribution in [3.05, 3.63) is 29.6 Å². The van der Waals surface area contributed by atoms with Gasteiger partial charge in [0.2, 0.25) is 0 Å². The predicted octanol–water partition coefficient (Wildman–Crippen LogP) is 4.76. The van der Waals surface area contributed by atoms with Crippen LogP contribution in [-0.2, 0) is 5.41 Å². The highest BCUT2D eigenvalue weighted by Crippen LogP contribution is 2.46. The van der Waals surface area contributed by atoms with Gasteiger partial charge in [-0.3, -0.25) is 0 Å². The number of aromatic nitrogens is 2. The molecule has 0 bridgehead atoms. The first-order chi connectivity index (χ1) is 11.7. The Hall–Kier alpha value is -1.98. The normalized spacial score (nSPS) is 20.3. The molecule has 2 heterocycles. The van der Waals surface area contributed by atoms with Gasteiger partial charge in [-0.1, -0.05) is 32.0 Å². The molecule has 1 aromatic carbocycles. The van der Waals surface area contributed by atoms with Gasteiger partial charge in [-0.2, -0.15) is 4.98 Å². The molecule has 0 spiro atoms. The van der Waals surface area contributed by atoms with Crippen LogP contribution in [0.4, 0.5) is 14.5 Å². The average molecular weight is 347 g/mol. The second kappa shape index (κ2) is 5.51. The van der Waals surface area contributed by atoms with E-state index < -0.39 is 5.92 Å². The van der Waals surface area contributed by atoms with Crippen LogP contribution in [0.5, 0.6) is 0 Å². The Morgan fingerprint density at radius 3 is 2.56 bits per heavy atom. The molecule has 0 atom stereocenters. The van der Waals surface area contributed by atoms with Crippen LogP contribution in [0.25, 0.3) is 11.5 Å². The van der Waals surface area contributed by atoms with Gasteiger partial charge in [-0.05, 0) is 36.5 Å². The minimum Gasteiger partial charge on any atom is -0.365 e. The van der Waals surface area contributed by atoms with Crippen LogP contribution in [0, 0.1) is 0 Å². The van der Waals surface area contributed by atoms with Gasteiger partial charge < -0.3 is 9.42 Å². The van der Waals surface area contributed by atoms with E-state index in [9.17, 15) is 8.78 Å². The maximum absolute atomic E-state index is 13.7. The molecule has 2 aromatic rings. The van der Waals surface area contributed by atoms with Crippen molar-refractivity contribution in [2.24, 2.45) is 0 Å². The summed E-state index contributed by atoms with van der Waals surface area (Å²) in [6.45, 7) is 6.24. The van der Waals surface area contributed by atoms with Crippen molar-refractivity contribution in [2.75, 3.05) is 18.0 Å². The molecule has 134 valence electrons. The first-order valence-electron chi connectivity index (χ1n) is 8.84. The largest absolute Gasteiger partial charge is 0.365 e. The molecule has 0 radical (unpaired) electrons. The number of hydrogen-bond donors (Lipinski definition) is 0. The van der Waals surface area contributed by atoms with Gasteiger partial charge >= 0.3 is 0 Å². The fraction of sp³-hybridized carbons (Fsp3) is 0.579. The van der Waals surface area contributed by atoms with Gasteiger partial charge in [0.1, 0.15) is 0 Å². The Morgan fingerprint density at radius 2 is 2.00 bits per heavy atom. The molecule has 25 heavy (non-hydrogen) atoms. The van der Waals surface area contributed by atoms with Crippen LogP contribution >= 0.6 is 0 Å². The lowest BCUT2D eigenvalue weighted by molar-refractivity contribution is 0.0257. The molecule has 1 aromatic heterocycles. The standard InChI is InChI=1S/C19H23F2N3O/c1-18(2,3)17-22-16(25-23-17)13-6-7-14(12-4-5-12)15(10-13)24-9-8-19(20,21)11-24/h6-7,10,12H,4-5,8-9,11H2,1-3H3. The van der Waals surface area contributed by atoms with Crippen LogP contribution in [-0.4, -0.2) is 29.2 Å². The van der Waals surface area contributed by atoms with E-state index in [0.29, 0.717) is 24.2 Å². The molecule has 0 N–H and O–H groups in total. The zero-order valence-corrected chi connectivity index (χ0v) is 14.9. The monoisotopic (exact) mass is 347 g/mol. The molecule has 2 aliphatic rings. The van der Waals surface area contributed by atoms with E-state index in [2.05, 4.69) is 10.1 Å². The van der Waals surface area contributed by atoms with Crippen molar-refractivity contribution in [1.29, 1.82) is 0 Å². The van der Waals surface area contributed by atoms with Crippen LogP contribution < -0.4 is 4.90 Å². The topological polar surface area (TPSA) is 42.2 Å². The maximum atomic E-state index is 13.7. The fourth-order valence-corrected chi connectivity index (χ4v) is 3.28. The van der Waals surface area contributed by atoms with E-state index in [1.54, 1.807) is 4.90 Å². The summed E-state index contributed by atoms with van der Waals surface area (Å²) in [6.07, 6.45) is 2.17. The molecule has 4 rings (SSSR count). The Bertz CT molecular complexity index is 790. The smallest absolute Gasteiger partial charge is 0.266 e. The number of benzene rings is 1. The van der Waals surface area contributed by atoms with Crippen LogP contribution in [0.3, 0.4) is 0 Å². The number of halogens is 2. The fourth-order valence-electron chi connectivity index (χ4n) is 3.28. The lowest BCUT2D eigenvalue weighted by atomic mass is 9.96. The number of anilines is 1. The van der Waals surface area contributed by atoms with E-state index in [4.69, 9.17) is 4.52 Å². The van der Waals surface area contributed by atoms with E-state index >= 15 is 0 Å². The van der Waals surface area contributed by atoms with Gasteiger partial charge in [-0.25, -0.2) is 8.78 Å². The summed E-state index contributed by atoms with van der Waals surface area (Å²) in [5.74, 6) is -1.03. The number of nitrogens with zero attached hydrogens (tertiary/aromatic N) is 3. The Balaban J connectivity index is 1.70. The highest BCUT2D eigenvalue weighted by molar-refractivity contribution is 5.67. The zero-order chi connectivity index (χ0) is 17.8. The maximum Gasteiger partial charge on any atom is 0.266 e. The highest BCUT2D eigenvalue weighted by Gasteiger charge is 2.40. The molecule has 1 saturated carbocycles. The molecular weight excluding hydrogens is 324 g/mol. The Labute approximate surface area is 146 Å². The summed E-state index contributed by atoms with van der Waals surface area (Å²) in [5, 5.41) is 4.06. The van der Waals surface area contributed by atoms with Crippen LogP contribution in [0.2, 0.25) is 0 Å². The van der Waals surface area contributed by atoms with Crippen molar-refractivity contribution >= 4 is 5.69 Å². The van der Waals surface area contributed by atoms with E-state index in [0.717, 1.165) is 29.7 Å². The molecule has 4 nitrogen and oxygen atoms in total. The summed E-state index contributed by atoms with van der Waals surface area (Å²) in [7, 11) is 0. The number of hydrogen-bond acceptors (Lipinski definition) is 4. The Kier molecular flexibility index (Phi) is 3.63. The molecule has 1 saturated heterocycles. The third-order valence-corrected chi connectivity index (χ3v) is 4.90. The highest BCUT2D eigenvalue weighted by atomic mass is 19.3. The van der Waals surface area contributed by atoms with Crippen molar-refractivity contribution in [3.8, 4) is 11.5 Å². The van der Waals surface area contributed by atoms with Crippen molar-refractivity contribution in [2.45, 2.75) is 57.3 Å². The molecule has 2 fully saturated rings. The van der Waals surface area contributed by atoms with E-state index in [-0.39, 0.29) is 18.4 Å². The third kappa shape index (κ3) is 3.26. The molecule has 1 aliphatic heterocycles. The second-order valence-electron chi connectivity index (χ2n) is 8.25. The average Bonchev–Trinajstić information content (AvgIpc) is 3.12. The summed E-state index contributed by atoms with van der Waals surface area (Å²) in [5.41, 5.74) is 2.65. The van der Waals surface area contributed by atoms with E-state index in [1.807, 2.05) is 39.0 Å². The van der Waals surface area contributed by atoms with Crippen molar-refractivity contribution in [1.82, 2.24) is 10.1 Å². The van der Waals surface area contributed by atoms with E-state index in [1.165, 1.54) is 0 Å². The molecule has 0 amide bonds. The quantitative estimate of drug-likeness (QED) is 0.803. The van der Waals surface area contributed by atoms with Gasteiger partial charge in [0.15, 0.2) is 5.82 Å². The SMILES string of the molecule is CC(C)(C)c1noc(-c2ccc(C3CC3)c(N3CCC(F)(F)C3)c2)n1. The van der Waals surface area contributed by atoms with Gasteiger partial charge in [0, 0.05) is 29.6 Å². The molecule has 1 aliphatic carbocycles. The van der Waals surface area contributed by atoms with Crippen molar-refractivity contribution < 1.29 is 13.3 Å². The Morgan fingerprint density at radius 1 is 1.24 bits per heavy atom.